The van der Waals surface area contributed by atoms with Crippen LogP contribution in [0.4, 0.5) is 0 Å². The molecule has 1 heterocycles. The van der Waals surface area contributed by atoms with Crippen molar-refractivity contribution in [1.29, 1.82) is 0 Å². The van der Waals surface area contributed by atoms with E-state index in [0.29, 0.717) is 10.0 Å². The van der Waals surface area contributed by atoms with Crippen molar-refractivity contribution in [2.75, 3.05) is 6.61 Å². The van der Waals surface area contributed by atoms with Gasteiger partial charge < -0.3 is 4.74 Å². The zero-order valence-corrected chi connectivity index (χ0v) is 7.24. The van der Waals surface area contributed by atoms with Crippen molar-refractivity contribution < 1.29 is 4.74 Å². The minimum atomic E-state index is 0.616. The second-order valence-electron chi connectivity index (χ2n) is 2.47. The smallest absolute Gasteiger partial charge is 0.141 e. The number of hydrogen-bond donors (Lipinski definition) is 0. The Morgan fingerprint density at radius 1 is 1.27 bits per heavy atom. The number of hydrogen-bond acceptors (Lipinski definition) is 1. The summed E-state index contributed by atoms with van der Waals surface area (Å²) in [6, 6.07) is 3.60. The van der Waals surface area contributed by atoms with Gasteiger partial charge in [-0.05, 0) is 12.1 Å². The minimum Gasteiger partial charge on any atom is -0.491 e. The van der Waals surface area contributed by atoms with Crippen molar-refractivity contribution in [3.63, 3.8) is 0 Å². The zero-order valence-electron chi connectivity index (χ0n) is 5.73. The van der Waals surface area contributed by atoms with Crippen LogP contribution >= 0.6 is 23.2 Å². The largest absolute Gasteiger partial charge is 0.491 e. The second kappa shape index (κ2) is 2.58. The number of halogens is 2. The lowest BCUT2D eigenvalue weighted by Crippen LogP contribution is -1.86. The summed E-state index contributed by atoms with van der Waals surface area (Å²) in [5.41, 5.74) is 1.11. The first-order chi connectivity index (χ1) is 5.27. The quantitative estimate of drug-likeness (QED) is 0.609. The minimum absolute atomic E-state index is 0.616. The van der Waals surface area contributed by atoms with Gasteiger partial charge in [-0.1, -0.05) is 23.2 Å². The Bertz CT molecular complexity index is 296. The lowest BCUT2D eigenvalue weighted by Gasteiger charge is -2.01. The Balaban J connectivity index is 2.60. The van der Waals surface area contributed by atoms with Crippen LogP contribution in [0.3, 0.4) is 0 Å². The van der Waals surface area contributed by atoms with Gasteiger partial charge in [-0.3, -0.25) is 0 Å². The predicted octanol–water partition coefficient (Wildman–Crippen LogP) is 2.93. The molecule has 0 N–H and O–H groups in total. The van der Waals surface area contributed by atoms with Gasteiger partial charge in [-0.15, -0.1) is 0 Å². The summed E-state index contributed by atoms with van der Waals surface area (Å²) in [6.07, 6.45) is 0.912. The van der Waals surface area contributed by atoms with Crippen LogP contribution in [-0.2, 0) is 6.42 Å². The van der Waals surface area contributed by atoms with E-state index < -0.39 is 0 Å². The molecule has 0 amide bonds. The molecule has 0 atom stereocenters. The predicted molar refractivity (Wildman–Crippen MR) is 45.7 cm³/mol. The SMILES string of the molecule is Clc1cc(Cl)c2c(c1)CCO2. The van der Waals surface area contributed by atoms with Crippen LogP contribution in [0.15, 0.2) is 12.1 Å². The Kier molecular flexibility index (Phi) is 1.70. The molecule has 0 saturated carbocycles. The van der Waals surface area contributed by atoms with Crippen LogP contribution in [0.25, 0.3) is 0 Å². The lowest BCUT2D eigenvalue weighted by molar-refractivity contribution is 0.357. The summed E-state index contributed by atoms with van der Waals surface area (Å²) < 4.78 is 5.29. The summed E-state index contributed by atoms with van der Waals surface area (Å²) in [5.74, 6) is 0.802. The van der Waals surface area contributed by atoms with E-state index in [4.69, 9.17) is 27.9 Å². The van der Waals surface area contributed by atoms with Crippen molar-refractivity contribution in [3.05, 3.63) is 27.7 Å². The lowest BCUT2D eigenvalue weighted by atomic mass is 10.2. The first kappa shape index (κ1) is 7.26. The first-order valence-corrected chi connectivity index (χ1v) is 4.13. The second-order valence-corrected chi connectivity index (χ2v) is 3.32. The molecule has 0 bridgehead atoms. The molecule has 58 valence electrons. The topological polar surface area (TPSA) is 9.23 Å². The Labute approximate surface area is 74.9 Å². The highest BCUT2D eigenvalue weighted by atomic mass is 35.5. The van der Waals surface area contributed by atoms with Crippen LogP contribution in [0.2, 0.25) is 10.0 Å². The molecule has 0 fully saturated rings. The Morgan fingerprint density at radius 2 is 2.09 bits per heavy atom. The Morgan fingerprint density at radius 3 is 2.91 bits per heavy atom. The van der Waals surface area contributed by atoms with Crippen LogP contribution in [-0.4, -0.2) is 6.61 Å². The molecule has 0 saturated heterocycles. The third-order valence-corrected chi connectivity index (χ3v) is 2.20. The van der Waals surface area contributed by atoms with Crippen LogP contribution < -0.4 is 4.74 Å². The number of rotatable bonds is 0. The van der Waals surface area contributed by atoms with Crippen LogP contribution in [0.5, 0.6) is 5.75 Å². The van der Waals surface area contributed by atoms with Gasteiger partial charge in [0.05, 0.1) is 11.6 Å². The van der Waals surface area contributed by atoms with Gasteiger partial charge in [0.1, 0.15) is 5.75 Å². The molecule has 1 aliphatic heterocycles. The molecule has 1 nitrogen and oxygen atoms in total. The van der Waals surface area contributed by atoms with Gasteiger partial charge in [0.15, 0.2) is 0 Å². The van der Waals surface area contributed by atoms with Gasteiger partial charge >= 0.3 is 0 Å². The third kappa shape index (κ3) is 1.19. The fourth-order valence-electron chi connectivity index (χ4n) is 1.22. The van der Waals surface area contributed by atoms with Crippen LogP contribution in [0.1, 0.15) is 5.56 Å². The highest BCUT2D eigenvalue weighted by Gasteiger charge is 2.15. The average Bonchev–Trinajstić information content (AvgIpc) is 2.34. The van der Waals surface area contributed by atoms with Crippen molar-refractivity contribution >= 4 is 23.2 Å². The van der Waals surface area contributed by atoms with Crippen molar-refractivity contribution in [1.82, 2.24) is 0 Å². The normalized spacial score (nSPS) is 14.4. The molecule has 3 heteroatoms. The molecule has 1 aromatic carbocycles. The molecule has 0 radical (unpaired) electrons. The van der Waals surface area contributed by atoms with Gasteiger partial charge in [0.2, 0.25) is 0 Å². The number of ether oxygens (including phenoxy) is 1. The summed E-state index contributed by atoms with van der Waals surface area (Å²) >= 11 is 11.7. The standard InChI is InChI=1S/C8H6Cl2O/c9-6-3-5-1-2-11-8(5)7(10)4-6/h3-4H,1-2H2. The molecular formula is C8H6Cl2O. The van der Waals surface area contributed by atoms with E-state index in [1.807, 2.05) is 6.07 Å². The number of fused-ring (bicyclic) bond motifs is 1. The van der Waals surface area contributed by atoms with Crippen molar-refractivity contribution in [3.8, 4) is 5.75 Å². The van der Waals surface area contributed by atoms with E-state index in [2.05, 4.69) is 0 Å². The van der Waals surface area contributed by atoms with Gasteiger partial charge in [0, 0.05) is 17.0 Å². The highest BCUT2D eigenvalue weighted by Crippen LogP contribution is 2.35. The monoisotopic (exact) mass is 188 g/mol. The fourth-order valence-corrected chi connectivity index (χ4v) is 1.81. The van der Waals surface area contributed by atoms with E-state index >= 15 is 0 Å². The summed E-state index contributed by atoms with van der Waals surface area (Å²) in [4.78, 5) is 0. The van der Waals surface area contributed by atoms with Crippen molar-refractivity contribution in [2.24, 2.45) is 0 Å². The molecular weight excluding hydrogens is 183 g/mol. The van der Waals surface area contributed by atoms with Crippen LogP contribution in [0, 0.1) is 0 Å². The molecule has 11 heavy (non-hydrogen) atoms. The van der Waals surface area contributed by atoms with E-state index in [1.165, 1.54) is 0 Å². The van der Waals surface area contributed by atoms with E-state index in [-0.39, 0.29) is 0 Å². The summed E-state index contributed by atoms with van der Waals surface area (Å²) in [5, 5.41) is 1.30. The molecule has 0 aromatic heterocycles. The highest BCUT2D eigenvalue weighted by molar-refractivity contribution is 6.35. The molecule has 1 aromatic rings. The first-order valence-electron chi connectivity index (χ1n) is 3.38. The van der Waals surface area contributed by atoms with Crippen molar-refractivity contribution in [2.45, 2.75) is 6.42 Å². The molecule has 0 spiro atoms. The fraction of sp³-hybridized carbons (Fsp3) is 0.250. The zero-order chi connectivity index (χ0) is 7.84. The molecule has 1 aliphatic rings. The maximum atomic E-state index is 5.87. The van der Waals surface area contributed by atoms with Gasteiger partial charge in [0.25, 0.3) is 0 Å². The maximum absolute atomic E-state index is 5.87. The van der Waals surface area contributed by atoms with Gasteiger partial charge in [-0.25, -0.2) is 0 Å². The summed E-state index contributed by atoms with van der Waals surface area (Å²) in [6.45, 7) is 0.718. The number of benzene rings is 1. The molecule has 0 unspecified atom stereocenters. The van der Waals surface area contributed by atoms with E-state index in [0.717, 1.165) is 24.3 Å². The molecule has 0 aliphatic carbocycles. The maximum Gasteiger partial charge on any atom is 0.141 e. The Hall–Kier alpha value is -0.400. The molecule has 2 rings (SSSR count). The van der Waals surface area contributed by atoms with Gasteiger partial charge in [-0.2, -0.15) is 0 Å². The third-order valence-electron chi connectivity index (χ3n) is 1.70. The van der Waals surface area contributed by atoms with E-state index in [9.17, 15) is 0 Å². The average molecular weight is 189 g/mol. The summed E-state index contributed by atoms with van der Waals surface area (Å²) in [7, 11) is 0. The van der Waals surface area contributed by atoms with E-state index in [1.54, 1.807) is 6.07 Å².